The number of aromatic nitrogens is 1. The predicted octanol–water partition coefficient (Wildman–Crippen LogP) is 1.83. The van der Waals surface area contributed by atoms with Gasteiger partial charge in [-0.1, -0.05) is 0 Å². The van der Waals surface area contributed by atoms with Crippen LogP contribution >= 0.6 is 0 Å². The van der Waals surface area contributed by atoms with E-state index in [0.29, 0.717) is 56.6 Å². The lowest BCUT2D eigenvalue weighted by Crippen LogP contribution is -2.53. The van der Waals surface area contributed by atoms with Crippen LogP contribution < -0.4 is 0 Å². The standard InChI is InChI=1S/C22H29FN4O3/c1-16(28)26-11-9-25(10-12-26)15-22(30)5-2-7-27(8-6-22)21(29)20-14-17-13-18(23)3-4-19(17)24-20/h3-4,13-14,24,30H,2,5-12,15H2,1H3. The zero-order chi connectivity index (χ0) is 21.3. The van der Waals surface area contributed by atoms with E-state index in [0.717, 1.165) is 25.0 Å². The number of H-pyrrole nitrogens is 1. The van der Waals surface area contributed by atoms with Crippen molar-refractivity contribution in [3.8, 4) is 0 Å². The molecule has 0 bridgehead atoms. The highest BCUT2D eigenvalue weighted by molar-refractivity contribution is 5.98. The van der Waals surface area contributed by atoms with Crippen molar-refractivity contribution in [3.63, 3.8) is 0 Å². The lowest BCUT2D eigenvalue weighted by atomic mass is 9.94. The first kappa shape index (κ1) is 20.8. The maximum atomic E-state index is 13.4. The van der Waals surface area contributed by atoms with Crippen molar-refractivity contribution < 1.29 is 19.1 Å². The highest BCUT2D eigenvalue weighted by atomic mass is 19.1. The van der Waals surface area contributed by atoms with Crippen LogP contribution in [0.4, 0.5) is 4.39 Å². The smallest absolute Gasteiger partial charge is 0.270 e. The van der Waals surface area contributed by atoms with Crippen LogP contribution in [0.25, 0.3) is 10.9 Å². The molecule has 1 aromatic carbocycles. The quantitative estimate of drug-likeness (QED) is 0.800. The van der Waals surface area contributed by atoms with Gasteiger partial charge in [-0.25, -0.2) is 4.39 Å². The van der Waals surface area contributed by atoms with E-state index in [1.54, 1.807) is 24.0 Å². The molecule has 8 heteroatoms. The fourth-order valence-electron chi connectivity index (χ4n) is 4.57. The SMILES string of the molecule is CC(=O)N1CCN(CC2(O)CCCN(C(=O)c3cc4cc(F)ccc4[nH]3)CC2)CC1. The number of likely N-dealkylation sites (tertiary alicyclic amines) is 1. The number of aromatic amines is 1. The number of aliphatic hydroxyl groups is 1. The normalized spacial score (nSPS) is 23.6. The minimum absolute atomic E-state index is 0.0942. The topological polar surface area (TPSA) is 79.9 Å². The van der Waals surface area contributed by atoms with Crippen molar-refractivity contribution in [3.05, 3.63) is 35.8 Å². The van der Waals surface area contributed by atoms with Crippen LogP contribution in [0.15, 0.2) is 24.3 Å². The fourth-order valence-corrected chi connectivity index (χ4v) is 4.57. The van der Waals surface area contributed by atoms with Gasteiger partial charge in [0.1, 0.15) is 11.5 Å². The number of benzene rings is 1. The van der Waals surface area contributed by atoms with Gasteiger partial charge in [0, 0.05) is 63.6 Å². The molecule has 30 heavy (non-hydrogen) atoms. The second-order valence-electron chi connectivity index (χ2n) is 8.57. The van der Waals surface area contributed by atoms with Gasteiger partial charge in [-0.15, -0.1) is 0 Å². The molecule has 162 valence electrons. The van der Waals surface area contributed by atoms with Gasteiger partial charge in [-0.2, -0.15) is 0 Å². The first-order valence-electron chi connectivity index (χ1n) is 10.6. The summed E-state index contributed by atoms with van der Waals surface area (Å²) in [6, 6.07) is 6.10. The number of halogens is 1. The molecular formula is C22H29FN4O3. The van der Waals surface area contributed by atoms with E-state index in [1.807, 2.05) is 4.90 Å². The summed E-state index contributed by atoms with van der Waals surface area (Å²) >= 11 is 0. The van der Waals surface area contributed by atoms with Gasteiger partial charge in [0.25, 0.3) is 5.91 Å². The Balaban J connectivity index is 1.37. The third kappa shape index (κ3) is 4.49. The molecule has 2 amide bonds. The zero-order valence-corrected chi connectivity index (χ0v) is 17.4. The Hall–Kier alpha value is -2.45. The second-order valence-corrected chi connectivity index (χ2v) is 8.57. The number of β-amino-alcohol motifs (C(OH)–C–C–N with tert-alkyl or cyclic N) is 1. The van der Waals surface area contributed by atoms with Crippen molar-refractivity contribution in [1.29, 1.82) is 0 Å². The van der Waals surface area contributed by atoms with Gasteiger partial charge in [0.05, 0.1) is 5.60 Å². The van der Waals surface area contributed by atoms with E-state index >= 15 is 0 Å². The lowest BCUT2D eigenvalue weighted by molar-refractivity contribution is -0.131. The van der Waals surface area contributed by atoms with E-state index in [2.05, 4.69) is 9.88 Å². The molecular weight excluding hydrogens is 387 g/mol. The van der Waals surface area contributed by atoms with Crippen LogP contribution in [0.5, 0.6) is 0 Å². The summed E-state index contributed by atoms with van der Waals surface area (Å²) in [5.74, 6) is -0.355. The Morgan fingerprint density at radius 3 is 2.57 bits per heavy atom. The van der Waals surface area contributed by atoms with Gasteiger partial charge in [-0.3, -0.25) is 14.5 Å². The van der Waals surface area contributed by atoms with Crippen LogP contribution in [0.3, 0.4) is 0 Å². The molecule has 0 radical (unpaired) electrons. The van der Waals surface area contributed by atoms with Crippen LogP contribution in [0.2, 0.25) is 0 Å². The molecule has 1 atom stereocenters. The first-order valence-corrected chi connectivity index (χ1v) is 10.6. The molecule has 2 fully saturated rings. The van der Waals surface area contributed by atoms with Crippen molar-refractivity contribution >= 4 is 22.7 Å². The van der Waals surface area contributed by atoms with Gasteiger partial charge in [-0.05, 0) is 43.5 Å². The number of carbonyl (C=O) groups excluding carboxylic acids is 2. The Kier molecular flexibility index (Phi) is 5.79. The van der Waals surface area contributed by atoms with Gasteiger partial charge >= 0.3 is 0 Å². The maximum absolute atomic E-state index is 13.4. The second kappa shape index (κ2) is 8.35. The summed E-state index contributed by atoms with van der Waals surface area (Å²) in [6.45, 7) is 6.12. The summed E-state index contributed by atoms with van der Waals surface area (Å²) in [6.07, 6.45) is 1.88. The number of nitrogens with one attached hydrogen (secondary N) is 1. The molecule has 2 aliphatic rings. The molecule has 2 aliphatic heterocycles. The average molecular weight is 416 g/mol. The largest absolute Gasteiger partial charge is 0.388 e. The summed E-state index contributed by atoms with van der Waals surface area (Å²) in [5.41, 5.74) is 0.342. The molecule has 2 N–H and O–H groups in total. The first-order chi connectivity index (χ1) is 14.3. The number of piperazine rings is 1. The van der Waals surface area contributed by atoms with Crippen LogP contribution in [0, 0.1) is 5.82 Å². The molecule has 7 nitrogen and oxygen atoms in total. The van der Waals surface area contributed by atoms with E-state index < -0.39 is 5.60 Å². The number of hydrogen-bond donors (Lipinski definition) is 2. The average Bonchev–Trinajstić information content (AvgIpc) is 3.03. The van der Waals surface area contributed by atoms with E-state index in [9.17, 15) is 19.1 Å². The molecule has 3 heterocycles. The monoisotopic (exact) mass is 416 g/mol. The number of amides is 2. The number of carbonyl (C=O) groups is 2. The Bertz CT molecular complexity index is 938. The fraction of sp³-hybridized carbons (Fsp3) is 0.545. The summed E-state index contributed by atoms with van der Waals surface area (Å²) in [7, 11) is 0. The van der Waals surface area contributed by atoms with Crippen molar-refractivity contribution in [2.45, 2.75) is 31.8 Å². The molecule has 0 spiro atoms. The van der Waals surface area contributed by atoms with Crippen LogP contribution in [0.1, 0.15) is 36.7 Å². The Labute approximate surface area is 175 Å². The van der Waals surface area contributed by atoms with E-state index in [1.165, 1.54) is 12.1 Å². The summed E-state index contributed by atoms with van der Waals surface area (Å²) in [4.78, 5) is 33.4. The minimum atomic E-state index is -0.836. The van der Waals surface area contributed by atoms with E-state index in [-0.39, 0.29) is 17.6 Å². The summed E-state index contributed by atoms with van der Waals surface area (Å²) < 4.78 is 13.4. The lowest BCUT2D eigenvalue weighted by Gasteiger charge is -2.39. The number of hydrogen-bond acceptors (Lipinski definition) is 4. The number of fused-ring (bicyclic) bond motifs is 1. The third-order valence-corrected chi connectivity index (χ3v) is 6.35. The summed E-state index contributed by atoms with van der Waals surface area (Å²) in [5, 5.41) is 11.9. The van der Waals surface area contributed by atoms with Gasteiger partial charge in [0.15, 0.2) is 0 Å². The molecule has 1 unspecified atom stereocenters. The van der Waals surface area contributed by atoms with Gasteiger partial charge in [0.2, 0.25) is 5.91 Å². The zero-order valence-electron chi connectivity index (χ0n) is 17.4. The Morgan fingerprint density at radius 1 is 1.07 bits per heavy atom. The van der Waals surface area contributed by atoms with Crippen molar-refractivity contribution in [1.82, 2.24) is 19.7 Å². The molecule has 0 saturated carbocycles. The highest BCUT2D eigenvalue weighted by Gasteiger charge is 2.34. The third-order valence-electron chi connectivity index (χ3n) is 6.35. The van der Waals surface area contributed by atoms with Crippen LogP contribution in [-0.2, 0) is 4.79 Å². The minimum Gasteiger partial charge on any atom is -0.388 e. The molecule has 2 aromatic rings. The molecule has 0 aliphatic carbocycles. The van der Waals surface area contributed by atoms with E-state index in [4.69, 9.17) is 0 Å². The van der Waals surface area contributed by atoms with Crippen LogP contribution in [-0.4, -0.2) is 88.0 Å². The molecule has 2 saturated heterocycles. The predicted molar refractivity (Wildman–Crippen MR) is 112 cm³/mol. The number of rotatable bonds is 3. The highest BCUT2D eigenvalue weighted by Crippen LogP contribution is 2.26. The van der Waals surface area contributed by atoms with Crippen molar-refractivity contribution in [2.24, 2.45) is 0 Å². The van der Waals surface area contributed by atoms with Crippen molar-refractivity contribution in [2.75, 3.05) is 45.8 Å². The molecule has 4 rings (SSSR count). The molecule has 1 aromatic heterocycles. The number of nitrogens with zero attached hydrogens (tertiary/aromatic N) is 3. The van der Waals surface area contributed by atoms with Gasteiger partial charge < -0.3 is 19.9 Å². The Morgan fingerprint density at radius 2 is 1.83 bits per heavy atom. The maximum Gasteiger partial charge on any atom is 0.270 e.